The normalized spacial score (nSPS) is 12.7. The standard InChI is InChI=1S/C18H20N2O2/c1-12-7-15(14-5-4-6-19-9-14)8-16-11-20(10-13(2)22-3)18(21)17(12)16/h4-9,11,13,21H,10H2,1-3H3. The van der Waals surface area contributed by atoms with Crippen LogP contribution in [0.1, 0.15) is 12.5 Å². The molecule has 0 aliphatic rings. The van der Waals surface area contributed by atoms with Crippen molar-refractivity contribution in [3.63, 3.8) is 0 Å². The molecule has 2 aromatic heterocycles. The Morgan fingerprint density at radius 2 is 2.14 bits per heavy atom. The van der Waals surface area contributed by atoms with Crippen LogP contribution < -0.4 is 0 Å². The van der Waals surface area contributed by atoms with Gasteiger partial charge in [-0.25, -0.2) is 0 Å². The van der Waals surface area contributed by atoms with Crippen LogP contribution in [-0.4, -0.2) is 27.9 Å². The highest BCUT2D eigenvalue weighted by atomic mass is 16.5. The lowest BCUT2D eigenvalue weighted by Crippen LogP contribution is -2.13. The van der Waals surface area contributed by atoms with E-state index in [4.69, 9.17) is 4.74 Å². The number of pyridine rings is 1. The average molecular weight is 296 g/mol. The number of aromatic hydroxyl groups is 1. The van der Waals surface area contributed by atoms with Gasteiger partial charge in [-0.1, -0.05) is 12.1 Å². The Bertz CT molecular complexity index is 794. The molecule has 2 heterocycles. The van der Waals surface area contributed by atoms with Crippen molar-refractivity contribution in [3.8, 4) is 17.0 Å². The molecule has 3 rings (SSSR count). The molecule has 114 valence electrons. The number of nitrogens with zero attached hydrogens (tertiary/aromatic N) is 2. The van der Waals surface area contributed by atoms with Crippen molar-refractivity contribution in [3.05, 3.63) is 48.4 Å². The first-order chi connectivity index (χ1) is 10.6. The highest BCUT2D eigenvalue weighted by Crippen LogP contribution is 2.34. The molecule has 1 atom stereocenters. The van der Waals surface area contributed by atoms with Crippen molar-refractivity contribution in [1.29, 1.82) is 0 Å². The lowest BCUT2D eigenvalue weighted by Gasteiger charge is -2.11. The first kappa shape index (κ1) is 14.6. The third-order valence-electron chi connectivity index (χ3n) is 4.01. The summed E-state index contributed by atoms with van der Waals surface area (Å²) in [5, 5.41) is 12.4. The van der Waals surface area contributed by atoms with Crippen LogP contribution in [-0.2, 0) is 11.3 Å². The van der Waals surface area contributed by atoms with Crippen LogP contribution in [0.15, 0.2) is 42.9 Å². The zero-order valence-electron chi connectivity index (χ0n) is 13.1. The lowest BCUT2D eigenvalue weighted by atomic mass is 10.0. The number of fused-ring (bicyclic) bond motifs is 1. The minimum absolute atomic E-state index is 0.0470. The minimum Gasteiger partial charge on any atom is -0.494 e. The number of aromatic nitrogens is 2. The molecule has 1 aromatic carbocycles. The summed E-state index contributed by atoms with van der Waals surface area (Å²) in [4.78, 5) is 4.17. The summed E-state index contributed by atoms with van der Waals surface area (Å²) in [6.45, 7) is 4.63. The fourth-order valence-electron chi connectivity index (χ4n) is 2.79. The number of rotatable bonds is 4. The molecule has 0 aliphatic heterocycles. The van der Waals surface area contributed by atoms with E-state index in [9.17, 15) is 5.11 Å². The molecule has 0 radical (unpaired) electrons. The molecular formula is C18H20N2O2. The highest BCUT2D eigenvalue weighted by molar-refractivity contribution is 5.94. The first-order valence-corrected chi connectivity index (χ1v) is 7.35. The Hall–Kier alpha value is -2.33. The molecular weight excluding hydrogens is 276 g/mol. The van der Waals surface area contributed by atoms with Crippen molar-refractivity contribution in [2.24, 2.45) is 0 Å². The molecule has 0 saturated heterocycles. The largest absolute Gasteiger partial charge is 0.494 e. The molecule has 4 heteroatoms. The Morgan fingerprint density at radius 1 is 1.32 bits per heavy atom. The SMILES string of the molecule is COC(C)Cn1cc2cc(-c3cccnc3)cc(C)c2c1O. The fraction of sp³-hybridized carbons (Fsp3) is 0.278. The van der Waals surface area contributed by atoms with E-state index >= 15 is 0 Å². The maximum absolute atomic E-state index is 10.5. The molecule has 1 N–H and O–H groups in total. The van der Waals surface area contributed by atoms with E-state index in [0.717, 1.165) is 27.5 Å². The van der Waals surface area contributed by atoms with Crippen molar-refractivity contribution < 1.29 is 9.84 Å². The van der Waals surface area contributed by atoms with Crippen LogP contribution in [0.2, 0.25) is 0 Å². The summed E-state index contributed by atoms with van der Waals surface area (Å²) in [6, 6.07) is 8.14. The van der Waals surface area contributed by atoms with Crippen molar-refractivity contribution in [1.82, 2.24) is 9.55 Å². The highest BCUT2D eigenvalue weighted by Gasteiger charge is 2.14. The summed E-state index contributed by atoms with van der Waals surface area (Å²) in [5.74, 6) is 0.300. The van der Waals surface area contributed by atoms with Gasteiger partial charge in [0.1, 0.15) is 0 Å². The number of methoxy groups -OCH3 is 1. The van der Waals surface area contributed by atoms with Crippen LogP contribution >= 0.6 is 0 Å². The molecule has 0 aliphatic carbocycles. The second-order valence-electron chi connectivity index (χ2n) is 5.65. The maximum atomic E-state index is 10.5. The van der Waals surface area contributed by atoms with Crippen LogP contribution in [0, 0.1) is 6.92 Å². The molecule has 0 saturated carbocycles. The van der Waals surface area contributed by atoms with Crippen LogP contribution in [0.4, 0.5) is 0 Å². The Kier molecular flexibility index (Phi) is 3.86. The number of hydrogen-bond acceptors (Lipinski definition) is 3. The number of hydrogen-bond donors (Lipinski definition) is 1. The van der Waals surface area contributed by atoms with Gasteiger partial charge >= 0.3 is 0 Å². The topological polar surface area (TPSA) is 47.3 Å². The zero-order chi connectivity index (χ0) is 15.7. The summed E-state index contributed by atoms with van der Waals surface area (Å²) in [7, 11) is 1.68. The number of aryl methyl sites for hydroxylation is 1. The van der Waals surface area contributed by atoms with Gasteiger partial charge in [0.2, 0.25) is 0 Å². The number of ether oxygens (including phenoxy) is 1. The van der Waals surface area contributed by atoms with Crippen molar-refractivity contribution >= 4 is 10.8 Å². The lowest BCUT2D eigenvalue weighted by molar-refractivity contribution is 0.101. The third-order valence-corrected chi connectivity index (χ3v) is 4.01. The second kappa shape index (κ2) is 5.81. The van der Waals surface area contributed by atoms with Gasteiger partial charge in [0.25, 0.3) is 0 Å². The molecule has 1 unspecified atom stereocenters. The molecule has 0 bridgehead atoms. The predicted molar refractivity (Wildman–Crippen MR) is 88.0 cm³/mol. The van der Waals surface area contributed by atoms with Gasteiger partial charge < -0.3 is 14.4 Å². The predicted octanol–water partition coefficient (Wildman–Crippen LogP) is 3.75. The average Bonchev–Trinajstić information content (AvgIpc) is 2.84. The van der Waals surface area contributed by atoms with Gasteiger partial charge in [-0.15, -0.1) is 0 Å². The minimum atomic E-state index is 0.0470. The van der Waals surface area contributed by atoms with Crippen LogP contribution in [0.5, 0.6) is 5.88 Å². The van der Waals surface area contributed by atoms with Gasteiger partial charge in [0, 0.05) is 42.0 Å². The van der Waals surface area contributed by atoms with Crippen LogP contribution in [0.25, 0.3) is 21.9 Å². The monoisotopic (exact) mass is 296 g/mol. The van der Waals surface area contributed by atoms with E-state index in [1.807, 2.05) is 42.9 Å². The second-order valence-corrected chi connectivity index (χ2v) is 5.65. The van der Waals surface area contributed by atoms with E-state index in [0.29, 0.717) is 12.4 Å². The summed E-state index contributed by atoms with van der Waals surface area (Å²) < 4.78 is 7.13. The molecule has 3 aromatic rings. The van der Waals surface area contributed by atoms with E-state index in [-0.39, 0.29) is 6.10 Å². The van der Waals surface area contributed by atoms with Gasteiger partial charge in [-0.2, -0.15) is 0 Å². The molecule has 0 amide bonds. The summed E-state index contributed by atoms with van der Waals surface area (Å²) >= 11 is 0. The van der Waals surface area contributed by atoms with Crippen molar-refractivity contribution in [2.45, 2.75) is 26.5 Å². The zero-order valence-corrected chi connectivity index (χ0v) is 13.1. The Morgan fingerprint density at radius 3 is 2.82 bits per heavy atom. The van der Waals surface area contributed by atoms with E-state index in [2.05, 4.69) is 17.1 Å². The third kappa shape index (κ3) is 2.57. The fourth-order valence-corrected chi connectivity index (χ4v) is 2.79. The van der Waals surface area contributed by atoms with Gasteiger partial charge in [0.15, 0.2) is 5.88 Å². The molecule has 0 fully saturated rings. The molecule has 0 spiro atoms. The van der Waals surface area contributed by atoms with E-state index in [1.165, 1.54) is 0 Å². The van der Waals surface area contributed by atoms with E-state index in [1.54, 1.807) is 13.3 Å². The molecule has 22 heavy (non-hydrogen) atoms. The molecule has 4 nitrogen and oxygen atoms in total. The van der Waals surface area contributed by atoms with Crippen molar-refractivity contribution in [2.75, 3.05) is 7.11 Å². The van der Waals surface area contributed by atoms with Gasteiger partial charge in [-0.05, 0) is 37.1 Å². The Balaban J connectivity index is 2.11. The van der Waals surface area contributed by atoms with E-state index < -0.39 is 0 Å². The van der Waals surface area contributed by atoms with Crippen LogP contribution in [0.3, 0.4) is 0 Å². The summed E-state index contributed by atoms with van der Waals surface area (Å²) in [5.41, 5.74) is 3.23. The quantitative estimate of drug-likeness (QED) is 0.797. The number of benzene rings is 1. The smallest absolute Gasteiger partial charge is 0.199 e. The Labute approximate surface area is 130 Å². The summed E-state index contributed by atoms with van der Waals surface area (Å²) in [6.07, 6.45) is 5.65. The van der Waals surface area contributed by atoms with Gasteiger partial charge in [0.05, 0.1) is 12.6 Å². The maximum Gasteiger partial charge on any atom is 0.199 e. The first-order valence-electron chi connectivity index (χ1n) is 7.35. The van der Waals surface area contributed by atoms with Gasteiger partial charge in [-0.3, -0.25) is 4.98 Å².